The molecule has 2 fully saturated rings. The number of carbonyl (C=O) groups is 11. The van der Waals surface area contributed by atoms with Gasteiger partial charge in [-0.3, -0.25) is 53.0 Å². The molecule has 11 amide bonds. The number of imide groups is 2. The van der Waals surface area contributed by atoms with E-state index in [0.29, 0.717) is 36.9 Å². The van der Waals surface area contributed by atoms with Crippen LogP contribution >= 0.6 is 49.7 Å². The van der Waals surface area contributed by atoms with Gasteiger partial charge in [-0.25, -0.2) is 16.8 Å². The first kappa shape index (κ1) is 51.1. The Morgan fingerprint density at radius 2 is 1.11 bits per heavy atom. The number of likely N-dealkylation sites (tertiary alicyclic amines) is 2. The second-order valence-corrected chi connectivity index (χ2v) is 16.2. The third-order valence-electron chi connectivity index (χ3n) is 8.94. The number of amides is 11. The summed E-state index contributed by atoms with van der Waals surface area (Å²) in [5.41, 5.74) is 0. The summed E-state index contributed by atoms with van der Waals surface area (Å²) in [6.45, 7) is 3.01. The smallest absolute Gasteiger partial charge is 0.407 e. The number of hydrogen-bond acceptors (Lipinski definition) is 19. The van der Waals surface area contributed by atoms with Crippen LogP contribution in [-0.4, -0.2) is 159 Å². The lowest BCUT2D eigenvalue weighted by Gasteiger charge is -2.23. The van der Waals surface area contributed by atoms with Crippen molar-refractivity contribution in [2.45, 2.75) is 94.2 Å². The Morgan fingerprint density at radius 3 is 1.57 bits per heavy atom. The Balaban J connectivity index is 1.96. The SMILES string of the molecule is [3H]SOSC1CC(=O)N(CCC(=O)NCCNC(=O)CC(CC(=O)NCCNC(=O)CCN2C(=O)CC(SOS[3H])C2=O)NC(=O)C(CCCCNC(=O)OCC)NC(=O)OCC)C1=O. The zero-order valence-corrected chi connectivity index (χ0v) is 38.0. The van der Waals surface area contributed by atoms with Crippen LogP contribution in [0.5, 0.6) is 0 Å². The molecule has 24 nitrogen and oxygen atoms in total. The van der Waals surface area contributed by atoms with Crippen molar-refractivity contribution in [3.63, 3.8) is 0 Å². The molecular weight excluding hydrogens is 915 g/mol. The average Bonchev–Trinajstić information content (AvgIpc) is 3.69. The van der Waals surface area contributed by atoms with E-state index in [2.05, 4.69) is 37.2 Å². The Morgan fingerprint density at radius 1 is 0.651 bits per heavy atom. The lowest BCUT2D eigenvalue weighted by molar-refractivity contribution is -0.140. The zero-order chi connectivity index (χ0) is 48.1. The van der Waals surface area contributed by atoms with Gasteiger partial charge in [-0.1, -0.05) is 0 Å². The average molecular weight is 974 g/mol. The maximum Gasteiger partial charge on any atom is 0.407 e. The number of nitrogens with zero attached hydrogens (tertiary/aromatic N) is 2. The van der Waals surface area contributed by atoms with Crippen molar-refractivity contribution in [3.05, 3.63) is 0 Å². The summed E-state index contributed by atoms with van der Waals surface area (Å²) in [4.78, 5) is 140. The van der Waals surface area contributed by atoms with Crippen molar-refractivity contribution < 1.29 is 69.5 Å². The lowest BCUT2D eigenvalue weighted by atomic mass is 10.1. The van der Waals surface area contributed by atoms with E-state index in [1.165, 1.54) is 0 Å². The molecule has 7 N–H and O–H groups in total. The van der Waals surface area contributed by atoms with Gasteiger partial charge in [0.15, 0.2) is 0 Å². The fourth-order valence-electron chi connectivity index (χ4n) is 5.93. The van der Waals surface area contributed by atoms with Gasteiger partial charge in [0.05, 0.1) is 26.1 Å². The van der Waals surface area contributed by atoms with Crippen LogP contribution in [0.25, 0.3) is 0 Å². The monoisotopic (exact) mass is 973 g/mol. The predicted molar refractivity (Wildman–Crippen MR) is 231 cm³/mol. The number of unbranched alkanes of at least 4 members (excludes halogenated alkanes) is 1. The fraction of sp³-hybridized carbons (Fsp3) is 0.686. The van der Waals surface area contributed by atoms with Crippen LogP contribution in [0, 0.1) is 0 Å². The van der Waals surface area contributed by atoms with E-state index < -0.39 is 101 Å². The van der Waals surface area contributed by atoms with Crippen LogP contribution in [0.3, 0.4) is 0 Å². The molecule has 28 heteroatoms. The number of rotatable bonds is 32. The third-order valence-corrected chi connectivity index (χ3v) is 10.8. The highest BCUT2D eigenvalue weighted by Gasteiger charge is 2.40. The molecule has 2 heterocycles. The molecule has 0 radical (unpaired) electrons. The summed E-state index contributed by atoms with van der Waals surface area (Å²) >= 11 is 1.96. The highest BCUT2D eigenvalue weighted by atomic mass is 32.2. The molecule has 0 saturated carbocycles. The normalized spacial score (nSPS) is 17.2. The van der Waals surface area contributed by atoms with Crippen LogP contribution in [0.4, 0.5) is 9.59 Å². The maximum absolute atomic E-state index is 13.6. The van der Waals surface area contributed by atoms with Crippen LogP contribution in [0.2, 0.25) is 0 Å². The van der Waals surface area contributed by atoms with Crippen LogP contribution in [-0.2, 0) is 59.9 Å². The molecule has 0 aromatic rings. The van der Waals surface area contributed by atoms with Crippen LogP contribution < -0.4 is 37.2 Å². The second kappa shape index (κ2) is 30.6. The van der Waals surface area contributed by atoms with Crippen molar-refractivity contribution in [1.29, 1.82) is 2.25 Å². The third kappa shape index (κ3) is 21.1. The minimum Gasteiger partial charge on any atom is -0.450 e. The van der Waals surface area contributed by atoms with Gasteiger partial charge in [-0.2, -0.15) is 0 Å². The zero-order valence-electron chi connectivity index (χ0n) is 36.7. The van der Waals surface area contributed by atoms with Gasteiger partial charge in [0.25, 0.3) is 0 Å². The Labute approximate surface area is 385 Å². The van der Waals surface area contributed by atoms with Crippen molar-refractivity contribution >= 4 is 115 Å². The first-order valence-corrected chi connectivity index (χ1v) is 22.2. The minimum absolute atomic E-state index is 0.00849. The van der Waals surface area contributed by atoms with Crippen molar-refractivity contribution in [2.24, 2.45) is 0 Å². The summed E-state index contributed by atoms with van der Waals surface area (Å²) in [6.07, 6.45) is -2.21. The molecule has 2 saturated heterocycles. The quantitative estimate of drug-likeness (QED) is 0.0166. The summed E-state index contributed by atoms with van der Waals surface area (Å²) < 4.78 is 33.2. The van der Waals surface area contributed by atoms with Gasteiger partial charge in [0.2, 0.25) is 53.2 Å². The van der Waals surface area contributed by atoms with Crippen molar-refractivity contribution in [2.75, 3.05) is 59.0 Å². The van der Waals surface area contributed by atoms with Gasteiger partial charge < -0.3 is 46.7 Å². The second-order valence-electron chi connectivity index (χ2n) is 13.6. The molecule has 2 rings (SSSR count). The van der Waals surface area contributed by atoms with Crippen LogP contribution in [0.1, 0.15) is 71.6 Å². The summed E-state index contributed by atoms with van der Waals surface area (Å²) in [7, 11) is 0. The largest absolute Gasteiger partial charge is 0.450 e. The molecule has 0 bridgehead atoms. The molecule has 0 aliphatic carbocycles. The van der Waals surface area contributed by atoms with Gasteiger partial charge in [0.1, 0.15) is 18.8 Å². The molecule has 0 spiro atoms. The number of carbonyl (C=O) groups excluding carboxylic acids is 11. The predicted octanol–water partition coefficient (Wildman–Crippen LogP) is -1.20. The molecular formula is C35H55N9O15S4. The lowest BCUT2D eigenvalue weighted by Crippen LogP contribution is -2.51. The van der Waals surface area contributed by atoms with Gasteiger partial charge in [0, 0.05) is 102 Å². The first-order chi connectivity index (χ1) is 31.1. The van der Waals surface area contributed by atoms with E-state index in [0.717, 1.165) is 9.80 Å². The first-order valence-electron chi connectivity index (χ1n) is 20.8. The highest BCUT2D eigenvalue weighted by molar-refractivity contribution is 8.02. The Bertz CT molecular complexity index is 1590. The highest BCUT2D eigenvalue weighted by Crippen LogP contribution is 2.27. The topological polar surface area (TPSA) is 315 Å². The van der Waals surface area contributed by atoms with Gasteiger partial charge in [-0.15, -0.1) is 0 Å². The van der Waals surface area contributed by atoms with E-state index in [4.69, 9.17) is 19.0 Å². The van der Waals surface area contributed by atoms with Crippen molar-refractivity contribution in [3.8, 4) is 0 Å². The summed E-state index contributed by atoms with van der Waals surface area (Å²) in [6, 6.07) is -2.30. The molecule has 2 aliphatic rings. The Kier molecular flexibility index (Phi) is 24.8. The van der Waals surface area contributed by atoms with E-state index >= 15 is 0 Å². The number of hydrogen-bond donors (Lipinski definition) is 9. The standard InChI is InChI=1S/C35H55N9O15S4/c1-3-56-34(54)40-10-6-5-7-22(42-35(55)57-4-2)31(51)41-21(17-27(47)38-13-11-36-25(45)8-15-43-29(49)19-23(32(43)52)62-58-60)18-28(48)39-14-12-37-26(46)9-16-44-30(50)20-24(33(44)53)63-59-61/h21-24,60-61H,3-20H2,1-2H3,(H,36,45)(H,37,46)(H,38,47)(H,39,48)(H,40,54)(H,41,51)(H,42,55)/i/hT2. The van der Waals surface area contributed by atoms with Crippen molar-refractivity contribution in [1.82, 2.24) is 47.0 Å². The number of ether oxygens (including phenoxy) is 2. The summed E-state index contributed by atoms with van der Waals surface area (Å²) in [5.74, 6) is -5.06. The molecule has 0 aromatic carbocycles. The van der Waals surface area contributed by atoms with E-state index in [9.17, 15) is 52.7 Å². The number of alkyl carbamates (subject to hydrolysis) is 2. The maximum atomic E-state index is 13.6. The molecule has 63 heavy (non-hydrogen) atoms. The Hall–Kier alpha value is -4.51. The molecule has 3 unspecified atom stereocenters. The van der Waals surface area contributed by atoms with E-state index in [1.807, 2.05) is 0 Å². The number of nitrogens with one attached hydrogen (secondary N) is 7. The molecule has 354 valence electrons. The number of thiol groups is 2. The fourth-order valence-corrected chi connectivity index (χ4v) is 7.53. The van der Waals surface area contributed by atoms with Crippen LogP contribution in [0.15, 0.2) is 0 Å². The minimum atomic E-state index is -1.17. The molecule has 3 atom stereocenters. The molecule has 2 aliphatic heterocycles. The van der Waals surface area contributed by atoms with E-state index in [-0.39, 0.29) is 117 Å². The van der Waals surface area contributed by atoms with Gasteiger partial charge in [-0.05, 0) is 58.7 Å². The van der Waals surface area contributed by atoms with E-state index in [1.54, 1.807) is 13.8 Å². The van der Waals surface area contributed by atoms with Gasteiger partial charge >= 0.3 is 12.2 Å². The summed E-state index contributed by atoms with van der Waals surface area (Å²) in [5, 5.41) is 16.3. The molecule has 0 aromatic heterocycles.